The number of rotatable bonds is 4. The lowest BCUT2D eigenvalue weighted by Crippen LogP contribution is -2.30. The zero-order valence-corrected chi connectivity index (χ0v) is 15.5. The van der Waals surface area contributed by atoms with E-state index in [9.17, 15) is 22.0 Å². The van der Waals surface area contributed by atoms with Gasteiger partial charge in [-0.3, -0.25) is 0 Å². The molecule has 0 amide bonds. The average molecular weight is 393 g/mol. The molecule has 2 aromatic rings. The van der Waals surface area contributed by atoms with Crippen molar-refractivity contribution in [2.75, 3.05) is 6.54 Å². The summed E-state index contributed by atoms with van der Waals surface area (Å²) in [5.74, 6) is -2.71. The number of benzene rings is 2. The fourth-order valence-corrected chi connectivity index (χ4v) is 2.86. The third-order valence-electron chi connectivity index (χ3n) is 4.00. The first-order chi connectivity index (χ1) is 13.4. The SMILES string of the molecule is C=C1C(F)=CC(c2ccccc2)=C(c2c(F)cccc2F)N1CC(F)F.CC. The van der Waals surface area contributed by atoms with Gasteiger partial charge in [-0.2, -0.15) is 0 Å². The van der Waals surface area contributed by atoms with Crippen molar-refractivity contribution in [3.63, 3.8) is 0 Å². The van der Waals surface area contributed by atoms with Crippen molar-refractivity contribution in [1.29, 1.82) is 0 Å². The van der Waals surface area contributed by atoms with Gasteiger partial charge in [0.15, 0.2) is 0 Å². The molecule has 2 aromatic carbocycles. The maximum atomic E-state index is 14.4. The molecule has 6 heteroatoms. The number of hydrogen-bond acceptors (Lipinski definition) is 1. The van der Waals surface area contributed by atoms with Gasteiger partial charge in [0.2, 0.25) is 0 Å². The molecule has 148 valence electrons. The summed E-state index contributed by atoms with van der Waals surface area (Å²) in [6.07, 6.45) is -1.81. The molecule has 1 aliphatic heterocycles. The first kappa shape index (κ1) is 21.4. The molecule has 1 aliphatic rings. The fourth-order valence-electron chi connectivity index (χ4n) is 2.86. The Morgan fingerprint density at radius 3 is 2.00 bits per heavy atom. The molecule has 28 heavy (non-hydrogen) atoms. The normalized spacial score (nSPS) is 14.1. The lowest BCUT2D eigenvalue weighted by atomic mass is 9.94. The van der Waals surface area contributed by atoms with E-state index >= 15 is 0 Å². The minimum atomic E-state index is -2.86. The molecule has 0 saturated carbocycles. The van der Waals surface area contributed by atoms with Crippen molar-refractivity contribution in [2.24, 2.45) is 0 Å². The molecule has 3 rings (SSSR count). The van der Waals surface area contributed by atoms with Crippen molar-refractivity contribution < 1.29 is 22.0 Å². The summed E-state index contributed by atoms with van der Waals surface area (Å²) in [6, 6.07) is 11.4. The van der Waals surface area contributed by atoms with E-state index in [0.717, 1.165) is 23.1 Å². The van der Waals surface area contributed by atoms with Gasteiger partial charge in [-0.25, -0.2) is 22.0 Å². The molecule has 0 unspecified atom stereocenters. The molecule has 0 aromatic heterocycles. The minimum absolute atomic E-state index is 0.0974. The molecular formula is C22H20F5N. The summed E-state index contributed by atoms with van der Waals surface area (Å²) in [4.78, 5) is 0.823. The van der Waals surface area contributed by atoms with Gasteiger partial charge >= 0.3 is 0 Å². The van der Waals surface area contributed by atoms with Crippen LogP contribution in [0, 0.1) is 11.6 Å². The number of hydrogen-bond donors (Lipinski definition) is 0. The highest BCUT2D eigenvalue weighted by Gasteiger charge is 2.31. The van der Waals surface area contributed by atoms with Crippen LogP contribution < -0.4 is 0 Å². The quantitative estimate of drug-likeness (QED) is 0.516. The van der Waals surface area contributed by atoms with Gasteiger partial charge in [-0.1, -0.05) is 56.8 Å². The zero-order valence-electron chi connectivity index (χ0n) is 15.5. The molecule has 1 heterocycles. The highest BCUT2D eigenvalue weighted by molar-refractivity contribution is 5.97. The van der Waals surface area contributed by atoms with Gasteiger partial charge in [0, 0.05) is 5.57 Å². The van der Waals surface area contributed by atoms with Crippen LogP contribution >= 0.6 is 0 Å². The Bertz CT molecular complexity index is 880. The Hall–Kier alpha value is -2.89. The van der Waals surface area contributed by atoms with Crippen molar-refractivity contribution in [3.8, 4) is 0 Å². The maximum Gasteiger partial charge on any atom is 0.256 e. The molecule has 0 spiro atoms. The van der Waals surface area contributed by atoms with Crippen LogP contribution in [0.3, 0.4) is 0 Å². The standard InChI is InChI=1S/C20H14F5N.C2H6/c1-12-17(23)10-14(13-6-3-2-4-7-13)20(26(12)11-18(24)25)19-15(21)8-5-9-16(19)22;1-2/h2-10,18H,1,11H2;1-2H3. The van der Waals surface area contributed by atoms with E-state index in [1.807, 2.05) is 13.8 Å². The molecule has 0 N–H and O–H groups in total. The third kappa shape index (κ3) is 4.32. The molecule has 1 nitrogen and oxygen atoms in total. The Morgan fingerprint density at radius 1 is 0.893 bits per heavy atom. The number of nitrogens with zero attached hydrogens (tertiary/aromatic N) is 1. The monoisotopic (exact) mass is 393 g/mol. The second kappa shape index (κ2) is 9.35. The van der Waals surface area contributed by atoms with E-state index in [4.69, 9.17) is 0 Å². The average Bonchev–Trinajstić information content (AvgIpc) is 2.68. The van der Waals surface area contributed by atoms with Crippen LogP contribution in [-0.2, 0) is 0 Å². The molecular weight excluding hydrogens is 373 g/mol. The highest BCUT2D eigenvalue weighted by atomic mass is 19.3. The van der Waals surface area contributed by atoms with E-state index in [-0.39, 0.29) is 17.0 Å². The molecule has 0 aliphatic carbocycles. The summed E-state index contributed by atoms with van der Waals surface area (Å²) in [5.41, 5.74) is -0.523. The van der Waals surface area contributed by atoms with Crippen LogP contribution in [-0.4, -0.2) is 17.9 Å². The zero-order chi connectivity index (χ0) is 20.8. The topological polar surface area (TPSA) is 3.24 Å². The Balaban J connectivity index is 0.00000136. The first-order valence-electron chi connectivity index (χ1n) is 8.76. The Labute approximate surface area is 161 Å². The van der Waals surface area contributed by atoms with Crippen LogP contribution in [0.5, 0.6) is 0 Å². The molecule has 0 radical (unpaired) electrons. The first-order valence-corrected chi connectivity index (χ1v) is 8.76. The van der Waals surface area contributed by atoms with Crippen LogP contribution in [0.1, 0.15) is 25.0 Å². The third-order valence-corrected chi connectivity index (χ3v) is 4.00. The smallest absolute Gasteiger partial charge is 0.256 e. The highest BCUT2D eigenvalue weighted by Crippen LogP contribution is 2.41. The van der Waals surface area contributed by atoms with Crippen molar-refractivity contribution in [3.05, 3.63) is 95.5 Å². The molecule has 0 atom stereocenters. The summed E-state index contributed by atoms with van der Waals surface area (Å²) < 4.78 is 69.4. The maximum absolute atomic E-state index is 14.4. The lowest BCUT2D eigenvalue weighted by Gasteiger charge is -2.33. The largest absolute Gasteiger partial charge is 0.333 e. The van der Waals surface area contributed by atoms with E-state index < -0.39 is 36.0 Å². The van der Waals surface area contributed by atoms with Gasteiger partial charge in [0.1, 0.15) is 17.5 Å². The van der Waals surface area contributed by atoms with Crippen LogP contribution in [0.25, 0.3) is 11.3 Å². The van der Waals surface area contributed by atoms with Gasteiger partial charge in [0.05, 0.1) is 23.5 Å². The molecule has 0 saturated heterocycles. The predicted molar refractivity (Wildman–Crippen MR) is 102 cm³/mol. The molecule has 0 fully saturated rings. The van der Waals surface area contributed by atoms with Crippen molar-refractivity contribution in [2.45, 2.75) is 20.3 Å². The summed E-state index contributed by atoms with van der Waals surface area (Å²) >= 11 is 0. The predicted octanol–water partition coefficient (Wildman–Crippen LogP) is 6.81. The fraction of sp³-hybridized carbons (Fsp3) is 0.182. The van der Waals surface area contributed by atoms with E-state index in [1.165, 1.54) is 6.07 Å². The van der Waals surface area contributed by atoms with E-state index in [1.54, 1.807) is 30.3 Å². The van der Waals surface area contributed by atoms with Crippen LogP contribution in [0.2, 0.25) is 0 Å². The van der Waals surface area contributed by atoms with Crippen LogP contribution in [0.15, 0.2) is 72.7 Å². The minimum Gasteiger partial charge on any atom is -0.333 e. The molecule has 0 bridgehead atoms. The number of allylic oxidation sites excluding steroid dienone is 3. The second-order valence-electron chi connectivity index (χ2n) is 5.67. The summed E-state index contributed by atoms with van der Waals surface area (Å²) in [6.45, 7) is 6.52. The van der Waals surface area contributed by atoms with Crippen molar-refractivity contribution in [1.82, 2.24) is 4.90 Å². The lowest BCUT2D eigenvalue weighted by molar-refractivity contribution is 0.122. The van der Waals surface area contributed by atoms with E-state index in [2.05, 4.69) is 6.58 Å². The summed E-state index contributed by atoms with van der Waals surface area (Å²) in [5, 5.41) is 0. The van der Waals surface area contributed by atoms with Gasteiger partial charge in [-0.05, 0) is 23.8 Å². The van der Waals surface area contributed by atoms with Gasteiger partial charge < -0.3 is 4.90 Å². The Morgan fingerprint density at radius 2 is 1.46 bits per heavy atom. The van der Waals surface area contributed by atoms with Gasteiger partial charge in [0.25, 0.3) is 6.43 Å². The van der Waals surface area contributed by atoms with Crippen LogP contribution in [0.4, 0.5) is 22.0 Å². The number of halogens is 5. The Kier molecular flexibility index (Phi) is 7.15. The van der Waals surface area contributed by atoms with Gasteiger partial charge in [-0.15, -0.1) is 0 Å². The number of alkyl halides is 2. The van der Waals surface area contributed by atoms with Crippen molar-refractivity contribution >= 4 is 11.3 Å². The second-order valence-corrected chi connectivity index (χ2v) is 5.67. The van der Waals surface area contributed by atoms with E-state index in [0.29, 0.717) is 5.56 Å². The summed E-state index contributed by atoms with van der Waals surface area (Å²) in [7, 11) is 0.